The summed E-state index contributed by atoms with van der Waals surface area (Å²) in [5, 5.41) is 0. The molecule has 2 aromatic rings. The van der Waals surface area contributed by atoms with Gasteiger partial charge in [0.25, 0.3) is 0 Å². The van der Waals surface area contributed by atoms with Gasteiger partial charge < -0.3 is 9.47 Å². The maximum absolute atomic E-state index is 5.56. The lowest BCUT2D eigenvalue weighted by atomic mass is 10.2. The number of hydrogen-bond acceptors (Lipinski definition) is 2. The molecule has 0 fully saturated rings. The average molecular weight is 213 g/mol. The van der Waals surface area contributed by atoms with Crippen LogP contribution in [-0.4, -0.2) is 7.11 Å². The standard InChI is InChI=1S/C14H13O2/c1-15-13-9-5-6-10-14(13)16-11-12-7-3-2-4-8-12/h2-11H,1H3. The van der Waals surface area contributed by atoms with Crippen molar-refractivity contribution in [1.29, 1.82) is 0 Å². The van der Waals surface area contributed by atoms with Gasteiger partial charge in [0.05, 0.1) is 7.11 Å². The molecule has 0 aliphatic rings. The van der Waals surface area contributed by atoms with Crippen molar-refractivity contribution in [2.45, 2.75) is 0 Å². The highest BCUT2D eigenvalue weighted by Crippen LogP contribution is 2.26. The molecule has 0 amide bonds. The number of benzene rings is 2. The van der Waals surface area contributed by atoms with E-state index in [1.54, 1.807) is 13.7 Å². The topological polar surface area (TPSA) is 18.5 Å². The highest BCUT2D eigenvalue weighted by Gasteiger charge is 2.02. The minimum absolute atomic E-state index is 0.717. The van der Waals surface area contributed by atoms with Crippen LogP contribution in [0.2, 0.25) is 0 Å². The second kappa shape index (κ2) is 5.21. The van der Waals surface area contributed by atoms with E-state index < -0.39 is 0 Å². The first kappa shape index (κ1) is 10.6. The van der Waals surface area contributed by atoms with Gasteiger partial charge >= 0.3 is 0 Å². The fourth-order valence-corrected chi connectivity index (χ4v) is 1.38. The van der Waals surface area contributed by atoms with E-state index in [4.69, 9.17) is 9.47 Å². The van der Waals surface area contributed by atoms with Crippen molar-refractivity contribution in [1.82, 2.24) is 0 Å². The minimum atomic E-state index is 0.717. The van der Waals surface area contributed by atoms with E-state index in [9.17, 15) is 0 Å². The number of methoxy groups -OCH3 is 1. The van der Waals surface area contributed by atoms with Gasteiger partial charge in [0.2, 0.25) is 0 Å². The van der Waals surface area contributed by atoms with E-state index in [1.165, 1.54) is 0 Å². The summed E-state index contributed by atoms with van der Waals surface area (Å²) in [5.74, 6) is 1.45. The Morgan fingerprint density at radius 3 is 2.12 bits per heavy atom. The summed E-state index contributed by atoms with van der Waals surface area (Å²) in [6, 6.07) is 17.4. The molecule has 0 spiro atoms. The molecule has 81 valence electrons. The molecule has 0 aliphatic carbocycles. The van der Waals surface area contributed by atoms with Gasteiger partial charge in [-0.1, -0.05) is 42.5 Å². The summed E-state index contributed by atoms with van der Waals surface area (Å²) in [4.78, 5) is 0. The van der Waals surface area contributed by atoms with Gasteiger partial charge in [-0.2, -0.15) is 0 Å². The molecule has 0 aliphatic heterocycles. The van der Waals surface area contributed by atoms with Gasteiger partial charge in [-0.3, -0.25) is 0 Å². The van der Waals surface area contributed by atoms with E-state index in [2.05, 4.69) is 0 Å². The van der Waals surface area contributed by atoms with Crippen LogP contribution in [0.25, 0.3) is 0 Å². The fraction of sp³-hybridized carbons (Fsp3) is 0.0714. The van der Waals surface area contributed by atoms with Crippen LogP contribution >= 0.6 is 0 Å². The Labute approximate surface area is 95.4 Å². The summed E-state index contributed by atoms with van der Waals surface area (Å²) < 4.78 is 10.8. The van der Waals surface area contributed by atoms with Crippen molar-refractivity contribution < 1.29 is 9.47 Å². The zero-order valence-electron chi connectivity index (χ0n) is 9.09. The van der Waals surface area contributed by atoms with Crippen LogP contribution in [0.3, 0.4) is 0 Å². The molecule has 0 unspecified atom stereocenters. The zero-order valence-corrected chi connectivity index (χ0v) is 9.09. The van der Waals surface area contributed by atoms with Crippen molar-refractivity contribution in [3.8, 4) is 11.5 Å². The van der Waals surface area contributed by atoms with E-state index in [-0.39, 0.29) is 0 Å². The van der Waals surface area contributed by atoms with Crippen molar-refractivity contribution in [2.24, 2.45) is 0 Å². The normalized spacial score (nSPS) is 9.81. The third kappa shape index (κ3) is 2.54. The van der Waals surface area contributed by atoms with E-state index in [0.717, 1.165) is 11.3 Å². The third-order valence-corrected chi connectivity index (χ3v) is 2.19. The van der Waals surface area contributed by atoms with Crippen LogP contribution < -0.4 is 9.47 Å². The lowest BCUT2D eigenvalue weighted by molar-refractivity contribution is 0.361. The summed E-state index contributed by atoms with van der Waals surface area (Å²) in [7, 11) is 1.63. The van der Waals surface area contributed by atoms with Crippen LogP contribution in [0.4, 0.5) is 0 Å². The number of ether oxygens (including phenoxy) is 2. The summed E-state index contributed by atoms with van der Waals surface area (Å²) in [5.41, 5.74) is 1.02. The van der Waals surface area contributed by atoms with Gasteiger partial charge in [0.15, 0.2) is 18.1 Å². The Kier molecular flexibility index (Phi) is 3.44. The molecule has 2 heteroatoms. The predicted molar refractivity (Wildman–Crippen MR) is 63.5 cm³/mol. The van der Waals surface area contributed by atoms with E-state index in [0.29, 0.717) is 5.75 Å². The van der Waals surface area contributed by atoms with Crippen LogP contribution in [-0.2, 0) is 0 Å². The number of hydrogen-bond donors (Lipinski definition) is 0. The summed E-state index contributed by atoms with van der Waals surface area (Å²) in [6.07, 6.45) is 0. The maximum atomic E-state index is 5.56. The lowest BCUT2D eigenvalue weighted by Crippen LogP contribution is -1.94. The first-order valence-electron chi connectivity index (χ1n) is 5.08. The van der Waals surface area contributed by atoms with Crippen LogP contribution in [0.15, 0.2) is 54.6 Å². The molecule has 16 heavy (non-hydrogen) atoms. The maximum Gasteiger partial charge on any atom is 0.165 e. The van der Waals surface area contributed by atoms with Crippen LogP contribution in [0, 0.1) is 6.61 Å². The molecule has 0 aromatic heterocycles. The molecule has 0 heterocycles. The molecule has 0 atom stereocenters. The molecule has 2 nitrogen and oxygen atoms in total. The monoisotopic (exact) mass is 213 g/mol. The molecule has 2 rings (SSSR count). The third-order valence-electron chi connectivity index (χ3n) is 2.19. The quantitative estimate of drug-likeness (QED) is 0.776. The van der Waals surface area contributed by atoms with Crippen molar-refractivity contribution in [3.05, 3.63) is 66.8 Å². The first-order chi connectivity index (χ1) is 7.90. The highest BCUT2D eigenvalue weighted by atomic mass is 16.5. The van der Waals surface area contributed by atoms with Crippen LogP contribution in [0.5, 0.6) is 11.5 Å². The lowest BCUT2D eigenvalue weighted by Gasteiger charge is -2.09. The molecule has 2 aromatic carbocycles. The Morgan fingerprint density at radius 1 is 0.812 bits per heavy atom. The molecule has 1 radical (unpaired) electrons. The van der Waals surface area contributed by atoms with Gasteiger partial charge in [-0.25, -0.2) is 0 Å². The Bertz CT molecular complexity index is 437. The second-order valence-electron chi connectivity index (χ2n) is 3.30. The van der Waals surface area contributed by atoms with Crippen molar-refractivity contribution in [2.75, 3.05) is 7.11 Å². The second-order valence-corrected chi connectivity index (χ2v) is 3.30. The van der Waals surface area contributed by atoms with Gasteiger partial charge in [-0.15, -0.1) is 0 Å². The minimum Gasteiger partial charge on any atom is -0.493 e. The number of rotatable bonds is 4. The van der Waals surface area contributed by atoms with Crippen LogP contribution in [0.1, 0.15) is 5.56 Å². The SMILES string of the molecule is COc1ccccc1O[CH]c1ccccc1. The molecule has 0 saturated heterocycles. The molecular weight excluding hydrogens is 200 g/mol. The van der Waals surface area contributed by atoms with Crippen molar-refractivity contribution in [3.63, 3.8) is 0 Å². The first-order valence-corrected chi connectivity index (χ1v) is 5.08. The fourth-order valence-electron chi connectivity index (χ4n) is 1.38. The van der Waals surface area contributed by atoms with Gasteiger partial charge in [0.1, 0.15) is 0 Å². The van der Waals surface area contributed by atoms with Gasteiger partial charge in [0, 0.05) is 0 Å². The van der Waals surface area contributed by atoms with E-state index in [1.807, 2.05) is 54.6 Å². The Hall–Kier alpha value is -1.96. The van der Waals surface area contributed by atoms with Crippen molar-refractivity contribution >= 4 is 0 Å². The molecule has 0 bridgehead atoms. The molecular formula is C14H13O2. The average Bonchev–Trinajstić information content (AvgIpc) is 2.38. The smallest absolute Gasteiger partial charge is 0.165 e. The van der Waals surface area contributed by atoms with E-state index >= 15 is 0 Å². The van der Waals surface area contributed by atoms with Gasteiger partial charge in [-0.05, 0) is 17.7 Å². The Balaban J connectivity index is 2.05. The molecule has 0 saturated carbocycles. The summed E-state index contributed by atoms with van der Waals surface area (Å²) in [6.45, 7) is 1.71. The number of para-hydroxylation sites is 2. The zero-order chi connectivity index (χ0) is 11.2. The largest absolute Gasteiger partial charge is 0.493 e. The highest BCUT2D eigenvalue weighted by molar-refractivity contribution is 5.40. The molecule has 0 N–H and O–H groups in total. The Morgan fingerprint density at radius 2 is 1.44 bits per heavy atom. The predicted octanol–water partition coefficient (Wildman–Crippen LogP) is 3.28. The summed E-state index contributed by atoms with van der Waals surface area (Å²) >= 11 is 0.